The van der Waals surface area contributed by atoms with Gasteiger partial charge in [0.2, 0.25) is 0 Å². The van der Waals surface area contributed by atoms with Gasteiger partial charge in [-0.3, -0.25) is 0 Å². The molecule has 0 aromatic heterocycles. The Morgan fingerprint density at radius 1 is 1.06 bits per heavy atom. The van der Waals surface area contributed by atoms with Crippen LogP contribution in [0.1, 0.15) is 44.2 Å². The summed E-state index contributed by atoms with van der Waals surface area (Å²) in [6.45, 7) is 8.71. The molecule has 1 aliphatic rings. The summed E-state index contributed by atoms with van der Waals surface area (Å²) in [6.07, 6.45) is 3.82. The highest BCUT2D eigenvalue weighted by atomic mass is 16.3. The van der Waals surface area contributed by atoms with Crippen molar-refractivity contribution in [2.45, 2.75) is 53.0 Å². The number of nitrogens with one attached hydrogen (secondary N) is 1. The predicted molar refractivity (Wildman–Crippen MR) is 77.2 cm³/mol. The number of phenolic OH excluding ortho intramolecular Hbond substituents is 1. The Bertz CT molecular complexity index is 427. The summed E-state index contributed by atoms with van der Waals surface area (Å²) >= 11 is 0. The van der Waals surface area contributed by atoms with E-state index in [0.717, 1.165) is 23.0 Å². The topological polar surface area (TPSA) is 32.3 Å². The highest BCUT2D eigenvalue weighted by Gasteiger charge is 2.24. The van der Waals surface area contributed by atoms with Gasteiger partial charge in [-0.15, -0.1) is 0 Å². The molecule has 2 heteroatoms. The fourth-order valence-corrected chi connectivity index (χ4v) is 2.85. The first-order chi connectivity index (χ1) is 8.47. The van der Waals surface area contributed by atoms with Gasteiger partial charge in [0.25, 0.3) is 0 Å². The van der Waals surface area contributed by atoms with Crippen LogP contribution in [0.15, 0.2) is 12.1 Å². The minimum Gasteiger partial charge on any atom is -0.508 e. The van der Waals surface area contributed by atoms with Gasteiger partial charge in [0.15, 0.2) is 0 Å². The average molecular weight is 247 g/mol. The molecule has 0 radical (unpaired) electrons. The summed E-state index contributed by atoms with van der Waals surface area (Å²) in [5, 5.41) is 13.3. The van der Waals surface area contributed by atoms with Crippen molar-refractivity contribution in [3.8, 4) is 5.75 Å². The van der Waals surface area contributed by atoms with Gasteiger partial charge in [-0.2, -0.15) is 0 Å². The van der Waals surface area contributed by atoms with Crippen LogP contribution in [-0.4, -0.2) is 11.1 Å². The molecule has 1 aromatic carbocycles. The lowest BCUT2D eigenvalue weighted by Crippen LogP contribution is -2.30. The molecule has 2 N–H and O–H groups in total. The Kier molecular flexibility index (Phi) is 3.84. The van der Waals surface area contributed by atoms with Crippen molar-refractivity contribution >= 4 is 5.69 Å². The zero-order valence-corrected chi connectivity index (χ0v) is 12.0. The number of aryl methyl sites for hydroxylation is 2. The molecule has 100 valence electrons. The summed E-state index contributed by atoms with van der Waals surface area (Å²) in [4.78, 5) is 0. The van der Waals surface area contributed by atoms with Gasteiger partial charge in [-0.25, -0.2) is 0 Å². The van der Waals surface area contributed by atoms with Gasteiger partial charge in [-0.1, -0.05) is 13.8 Å². The maximum absolute atomic E-state index is 9.68. The van der Waals surface area contributed by atoms with Gasteiger partial charge >= 0.3 is 0 Å². The molecule has 1 saturated carbocycles. The first-order valence-corrected chi connectivity index (χ1v) is 7.04. The Labute approximate surface area is 110 Å². The third kappa shape index (κ3) is 2.80. The van der Waals surface area contributed by atoms with E-state index in [1.165, 1.54) is 24.9 Å². The first-order valence-electron chi connectivity index (χ1n) is 7.04. The highest BCUT2D eigenvalue weighted by Crippen LogP contribution is 2.32. The van der Waals surface area contributed by atoms with Crippen molar-refractivity contribution in [3.05, 3.63) is 23.3 Å². The molecular weight excluding hydrogens is 222 g/mol. The summed E-state index contributed by atoms with van der Waals surface area (Å²) in [5.41, 5.74) is 3.25. The van der Waals surface area contributed by atoms with Crippen LogP contribution in [0.25, 0.3) is 0 Å². The van der Waals surface area contributed by atoms with Crippen LogP contribution in [0.5, 0.6) is 5.75 Å². The fraction of sp³-hybridized carbons (Fsp3) is 0.625. The molecule has 3 atom stereocenters. The molecule has 3 unspecified atom stereocenters. The van der Waals surface area contributed by atoms with Crippen molar-refractivity contribution in [2.75, 3.05) is 5.32 Å². The van der Waals surface area contributed by atoms with Gasteiger partial charge in [-0.05, 0) is 68.2 Å². The second kappa shape index (κ2) is 5.21. The quantitative estimate of drug-likeness (QED) is 0.766. The van der Waals surface area contributed by atoms with Crippen LogP contribution >= 0.6 is 0 Å². The number of hydrogen-bond donors (Lipinski definition) is 2. The van der Waals surface area contributed by atoms with E-state index in [1.54, 1.807) is 0 Å². The second-order valence-corrected chi connectivity index (χ2v) is 6.06. The maximum atomic E-state index is 9.68. The second-order valence-electron chi connectivity index (χ2n) is 6.06. The van der Waals surface area contributed by atoms with Crippen LogP contribution < -0.4 is 5.32 Å². The van der Waals surface area contributed by atoms with Crippen molar-refractivity contribution in [3.63, 3.8) is 0 Å². The van der Waals surface area contributed by atoms with E-state index in [9.17, 15) is 5.11 Å². The lowest BCUT2D eigenvalue weighted by Gasteiger charge is -2.33. The number of hydrogen-bond acceptors (Lipinski definition) is 2. The number of benzene rings is 1. The summed E-state index contributed by atoms with van der Waals surface area (Å²) in [5.74, 6) is 2.05. The highest BCUT2D eigenvalue weighted by molar-refractivity contribution is 5.57. The third-order valence-electron chi connectivity index (χ3n) is 4.50. The zero-order valence-electron chi connectivity index (χ0n) is 12.0. The van der Waals surface area contributed by atoms with E-state index >= 15 is 0 Å². The van der Waals surface area contributed by atoms with Crippen LogP contribution in [-0.2, 0) is 0 Å². The standard InChI is InChI=1S/C16H25NO/c1-10-5-6-14(7-11(10)2)17-15-8-13(4)16(18)9-12(15)3/h8-11,14,17-18H,5-7H2,1-4H3. The lowest BCUT2D eigenvalue weighted by atomic mass is 9.79. The Morgan fingerprint density at radius 2 is 1.78 bits per heavy atom. The average Bonchev–Trinajstić information content (AvgIpc) is 2.31. The molecule has 0 heterocycles. The molecule has 0 amide bonds. The molecule has 18 heavy (non-hydrogen) atoms. The summed E-state index contributed by atoms with van der Waals surface area (Å²) in [6, 6.07) is 4.50. The molecule has 0 saturated heterocycles. The Morgan fingerprint density at radius 3 is 2.44 bits per heavy atom. The third-order valence-corrected chi connectivity index (χ3v) is 4.50. The minimum atomic E-state index is 0.392. The molecule has 1 fully saturated rings. The maximum Gasteiger partial charge on any atom is 0.118 e. The zero-order chi connectivity index (χ0) is 13.3. The summed E-state index contributed by atoms with van der Waals surface area (Å²) < 4.78 is 0. The molecule has 2 rings (SSSR count). The van der Waals surface area contributed by atoms with E-state index < -0.39 is 0 Å². The van der Waals surface area contributed by atoms with Crippen molar-refractivity contribution in [1.82, 2.24) is 0 Å². The largest absolute Gasteiger partial charge is 0.508 e. The van der Waals surface area contributed by atoms with Crippen LogP contribution in [0, 0.1) is 25.7 Å². The number of rotatable bonds is 2. The molecule has 1 aliphatic carbocycles. The SMILES string of the molecule is Cc1cc(NC2CCC(C)C(C)C2)c(C)cc1O. The van der Waals surface area contributed by atoms with Crippen molar-refractivity contribution in [1.29, 1.82) is 0 Å². The van der Waals surface area contributed by atoms with Crippen LogP contribution in [0.4, 0.5) is 5.69 Å². The molecule has 1 aromatic rings. The monoisotopic (exact) mass is 247 g/mol. The Balaban J connectivity index is 2.08. The molecule has 0 spiro atoms. The van der Waals surface area contributed by atoms with Gasteiger partial charge in [0, 0.05) is 11.7 Å². The van der Waals surface area contributed by atoms with Gasteiger partial charge in [0.1, 0.15) is 5.75 Å². The number of anilines is 1. The minimum absolute atomic E-state index is 0.392. The van der Waals surface area contributed by atoms with E-state index in [2.05, 4.69) is 32.2 Å². The van der Waals surface area contributed by atoms with E-state index in [1.807, 2.05) is 13.0 Å². The lowest BCUT2D eigenvalue weighted by molar-refractivity contribution is 0.261. The van der Waals surface area contributed by atoms with Gasteiger partial charge in [0.05, 0.1) is 0 Å². The van der Waals surface area contributed by atoms with E-state index in [-0.39, 0.29) is 0 Å². The fourth-order valence-electron chi connectivity index (χ4n) is 2.85. The number of phenols is 1. The van der Waals surface area contributed by atoms with Gasteiger partial charge < -0.3 is 10.4 Å². The number of aromatic hydroxyl groups is 1. The van der Waals surface area contributed by atoms with Crippen LogP contribution in [0.3, 0.4) is 0 Å². The molecule has 2 nitrogen and oxygen atoms in total. The van der Waals surface area contributed by atoms with Crippen LogP contribution in [0.2, 0.25) is 0 Å². The summed E-state index contributed by atoms with van der Waals surface area (Å²) in [7, 11) is 0. The smallest absolute Gasteiger partial charge is 0.118 e. The van der Waals surface area contributed by atoms with Crippen molar-refractivity contribution in [2.24, 2.45) is 11.8 Å². The Hall–Kier alpha value is -1.18. The molecule has 0 bridgehead atoms. The van der Waals surface area contributed by atoms with E-state index in [4.69, 9.17) is 0 Å². The molecule has 0 aliphatic heterocycles. The van der Waals surface area contributed by atoms with Crippen molar-refractivity contribution < 1.29 is 5.11 Å². The normalized spacial score (nSPS) is 28.1. The first kappa shape index (κ1) is 13.3. The predicted octanol–water partition coefficient (Wildman–Crippen LogP) is 4.25. The molecular formula is C16H25NO. The van der Waals surface area contributed by atoms with E-state index in [0.29, 0.717) is 11.8 Å².